The van der Waals surface area contributed by atoms with E-state index >= 15 is 0 Å². The molecule has 0 atom stereocenters. The van der Waals surface area contributed by atoms with E-state index in [1.54, 1.807) is 18.2 Å². The Morgan fingerprint density at radius 1 is 1.15 bits per heavy atom. The van der Waals surface area contributed by atoms with E-state index < -0.39 is 11.6 Å². The van der Waals surface area contributed by atoms with Crippen molar-refractivity contribution in [3.63, 3.8) is 0 Å². The molecule has 2 aromatic rings. The summed E-state index contributed by atoms with van der Waals surface area (Å²) in [6, 6.07) is 8.62. The number of carbonyl (C=O) groups excluding carboxylic acids is 1. The van der Waals surface area contributed by atoms with Crippen molar-refractivity contribution >= 4 is 5.78 Å². The summed E-state index contributed by atoms with van der Waals surface area (Å²) in [4.78, 5) is 12.2. The van der Waals surface area contributed by atoms with Gasteiger partial charge in [0, 0.05) is 12.0 Å². The van der Waals surface area contributed by atoms with Gasteiger partial charge in [-0.1, -0.05) is 12.1 Å². The lowest BCUT2D eigenvalue weighted by Gasteiger charge is -2.09. The summed E-state index contributed by atoms with van der Waals surface area (Å²) in [6.45, 7) is 1.87. The van der Waals surface area contributed by atoms with Crippen LogP contribution in [0.15, 0.2) is 36.4 Å². The summed E-state index contributed by atoms with van der Waals surface area (Å²) in [5.74, 6) is -1.41. The molecule has 0 bridgehead atoms. The third-order valence-electron chi connectivity index (χ3n) is 3.06. The number of rotatable bonds is 4. The molecule has 0 aliphatic heterocycles. The third-order valence-corrected chi connectivity index (χ3v) is 3.06. The molecule has 0 N–H and O–H groups in total. The van der Waals surface area contributed by atoms with E-state index in [2.05, 4.69) is 0 Å². The van der Waals surface area contributed by atoms with Gasteiger partial charge < -0.3 is 4.74 Å². The van der Waals surface area contributed by atoms with Crippen molar-refractivity contribution in [3.8, 4) is 5.75 Å². The lowest BCUT2D eigenvalue weighted by molar-refractivity contribution is 0.0987. The molecular weight excluding hydrogens is 262 g/mol. The number of hydrogen-bond acceptors (Lipinski definition) is 2. The summed E-state index contributed by atoms with van der Waals surface area (Å²) in [6.07, 6.45) is -0.335. The first-order valence-electron chi connectivity index (χ1n) is 6.13. The molecule has 0 amide bonds. The Morgan fingerprint density at radius 2 is 1.80 bits per heavy atom. The second kappa shape index (κ2) is 5.82. The molecule has 2 rings (SSSR count). The third kappa shape index (κ3) is 2.85. The van der Waals surface area contributed by atoms with Gasteiger partial charge in [0.25, 0.3) is 0 Å². The number of Topliss-reactive ketones (excluding diaryl/α,β-unsaturated/α-hetero) is 1. The molecule has 2 nitrogen and oxygen atoms in total. The normalized spacial score (nSPS) is 10.4. The topological polar surface area (TPSA) is 26.3 Å². The molecule has 0 saturated carbocycles. The van der Waals surface area contributed by atoms with Crippen molar-refractivity contribution in [3.05, 3.63) is 64.7 Å². The van der Waals surface area contributed by atoms with Crippen molar-refractivity contribution in [2.75, 3.05) is 7.11 Å². The standard InChI is InChI=1S/C16H14F2O2/c1-10-6-7-11(16(8-10)20-2)15(19)9-12-13(17)4-3-5-14(12)18/h3-8H,9H2,1-2H3. The Kier molecular flexibility index (Phi) is 4.13. The fourth-order valence-electron chi connectivity index (χ4n) is 1.99. The first kappa shape index (κ1) is 14.2. The highest BCUT2D eigenvalue weighted by Gasteiger charge is 2.17. The molecule has 0 saturated heterocycles. The van der Waals surface area contributed by atoms with Gasteiger partial charge >= 0.3 is 0 Å². The lowest BCUT2D eigenvalue weighted by Crippen LogP contribution is -2.09. The average Bonchev–Trinajstić information content (AvgIpc) is 2.42. The summed E-state index contributed by atoms with van der Waals surface area (Å²) in [5.41, 5.74) is 1.04. The molecule has 0 heterocycles. The zero-order valence-electron chi connectivity index (χ0n) is 11.2. The SMILES string of the molecule is COc1cc(C)ccc1C(=O)Cc1c(F)cccc1F. The molecule has 0 spiro atoms. The predicted molar refractivity (Wildman–Crippen MR) is 72.1 cm³/mol. The van der Waals surface area contributed by atoms with Gasteiger partial charge in [-0.25, -0.2) is 8.78 Å². The molecule has 2 aromatic carbocycles. The van der Waals surface area contributed by atoms with Gasteiger partial charge in [-0.05, 0) is 36.8 Å². The summed E-state index contributed by atoms with van der Waals surface area (Å²) in [5, 5.41) is 0. The number of carbonyl (C=O) groups is 1. The first-order chi connectivity index (χ1) is 9.52. The minimum absolute atomic E-state index is 0.222. The number of halogens is 2. The van der Waals surface area contributed by atoms with Gasteiger partial charge in [0.2, 0.25) is 0 Å². The minimum Gasteiger partial charge on any atom is -0.496 e. The van der Waals surface area contributed by atoms with Crippen LogP contribution >= 0.6 is 0 Å². The highest BCUT2D eigenvalue weighted by atomic mass is 19.1. The van der Waals surface area contributed by atoms with Crippen LogP contribution in [-0.4, -0.2) is 12.9 Å². The Balaban J connectivity index is 2.33. The van der Waals surface area contributed by atoms with Gasteiger partial charge in [-0.3, -0.25) is 4.79 Å². The van der Waals surface area contributed by atoms with Crippen LogP contribution in [0.4, 0.5) is 8.78 Å². The summed E-state index contributed by atoms with van der Waals surface area (Å²) >= 11 is 0. The Hall–Kier alpha value is -2.23. The lowest BCUT2D eigenvalue weighted by atomic mass is 10.0. The number of hydrogen-bond donors (Lipinski definition) is 0. The number of aryl methyl sites for hydroxylation is 1. The average molecular weight is 276 g/mol. The van der Waals surface area contributed by atoms with E-state index in [0.717, 1.165) is 17.7 Å². The number of ether oxygens (including phenoxy) is 1. The highest BCUT2D eigenvalue weighted by Crippen LogP contribution is 2.23. The molecule has 104 valence electrons. The summed E-state index contributed by atoms with van der Waals surface area (Å²) in [7, 11) is 1.45. The fraction of sp³-hybridized carbons (Fsp3) is 0.188. The molecule has 0 unspecified atom stereocenters. The number of methoxy groups -OCH3 is 1. The van der Waals surface area contributed by atoms with Crippen LogP contribution in [0.25, 0.3) is 0 Å². The second-order valence-electron chi connectivity index (χ2n) is 4.50. The van der Waals surface area contributed by atoms with Gasteiger partial charge in [0.05, 0.1) is 12.7 Å². The van der Waals surface area contributed by atoms with E-state index in [1.165, 1.54) is 13.2 Å². The van der Waals surface area contributed by atoms with Crippen LogP contribution < -0.4 is 4.74 Å². The van der Waals surface area contributed by atoms with Crippen LogP contribution in [-0.2, 0) is 6.42 Å². The maximum Gasteiger partial charge on any atom is 0.171 e. The van der Waals surface area contributed by atoms with Crippen molar-refractivity contribution in [1.29, 1.82) is 0 Å². The summed E-state index contributed by atoms with van der Waals surface area (Å²) < 4.78 is 32.2. The zero-order chi connectivity index (χ0) is 14.7. The molecule has 20 heavy (non-hydrogen) atoms. The minimum atomic E-state index is -0.718. The van der Waals surface area contributed by atoms with Crippen LogP contribution in [0.2, 0.25) is 0 Å². The van der Waals surface area contributed by atoms with Gasteiger partial charge in [0.15, 0.2) is 5.78 Å². The van der Waals surface area contributed by atoms with Crippen molar-refractivity contribution in [1.82, 2.24) is 0 Å². The van der Waals surface area contributed by atoms with E-state index in [9.17, 15) is 13.6 Å². The maximum absolute atomic E-state index is 13.5. The van der Waals surface area contributed by atoms with Crippen LogP contribution in [0, 0.1) is 18.6 Å². The molecule has 0 fully saturated rings. The quantitative estimate of drug-likeness (QED) is 0.796. The van der Waals surface area contributed by atoms with Crippen molar-refractivity contribution in [2.45, 2.75) is 13.3 Å². The number of benzene rings is 2. The van der Waals surface area contributed by atoms with Crippen molar-refractivity contribution < 1.29 is 18.3 Å². The van der Waals surface area contributed by atoms with Crippen LogP contribution in [0.5, 0.6) is 5.75 Å². The van der Waals surface area contributed by atoms with Crippen LogP contribution in [0.3, 0.4) is 0 Å². The Morgan fingerprint density at radius 3 is 2.40 bits per heavy atom. The van der Waals surface area contributed by atoms with Gasteiger partial charge in [0.1, 0.15) is 17.4 Å². The van der Waals surface area contributed by atoms with Crippen molar-refractivity contribution in [2.24, 2.45) is 0 Å². The van der Waals surface area contributed by atoms with E-state index in [0.29, 0.717) is 11.3 Å². The Bertz CT molecular complexity index is 631. The molecule has 0 radical (unpaired) electrons. The molecule has 0 aliphatic rings. The van der Waals surface area contributed by atoms with E-state index in [1.807, 2.05) is 6.92 Å². The highest BCUT2D eigenvalue weighted by molar-refractivity contribution is 6.00. The van der Waals surface area contributed by atoms with Gasteiger partial charge in [-0.2, -0.15) is 0 Å². The molecule has 4 heteroatoms. The smallest absolute Gasteiger partial charge is 0.171 e. The fourth-order valence-corrected chi connectivity index (χ4v) is 1.99. The Labute approximate surface area is 116 Å². The van der Waals surface area contributed by atoms with E-state index in [-0.39, 0.29) is 17.8 Å². The molecular formula is C16H14F2O2. The van der Waals surface area contributed by atoms with E-state index in [4.69, 9.17) is 4.74 Å². The van der Waals surface area contributed by atoms with Gasteiger partial charge in [-0.15, -0.1) is 0 Å². The van der Waals surface area contributed by atoms with Crippen LogP contribution in [0.1, 0.15) is 21.5 Å². The molecule has 0 aromatic heterocycles. The molecule has 0 aliphatic carbocycles. The zero-order valence-corrected chi connectivity index (χ0v) is 11.2. The largest absolute Gasteiger partial charge is 0.496 e. The second-order valence-corrected chi connectivity index (χ2v) is 4.50. The monoisotopic (exact) mass is 276 g/mol. The first-order valence-corrected chi connectivity index (χ1v) is 6.13. The predicted octanol–water partition coefficient (Wildman–Crippen LogP) is 3.71. The maximum atomic E-state index is 13.5. The number of ketones is 1.